The van der Waals surface area contributed by atoms with Gasteiger partial charge in [-0.25, -0.2) is 4.39 Å². The first-order valence-corrected chi connectivity index (χ1v) is 7.50. The third-order valence-electron chi connectivity index (χ3n) is 4.24. The molecule has 3 nitrogen and oxygen atoms in total. The van der Waals surface area contributed by atoms with E-state index < -0.39 is 0 Å². The van der Waals surface area contributed by atoms with E-state index in [1.807, 2.05) is 59.7 Å². The number of fused-ring (bicyclic) bond motifs is 1. The molecule has 0 atom stereocenters. The van der Waals surface area contributed by atoms with Crippen LogP contribution in [0.25, 0.3) is 27.8 Å². The van der Waals surface area contributed by atoms with E-state index >= 15 is 0 Å². The van der Waals surface area contributed by atoms with Gasteiger partial charge >= 0.3 is 0 Å². The summed E-state index contributed by atoms with van der Waals surface area (Å²) in [7, 11) is 1.92. The van der Waals surface area contributed by atoms with Gasteiger partial charge in [-0.15, -0.1) is 0 Å². The average Bonchev–Trinajstić information content (AvgIpc) is 3.18. The zero-order valence-electron chi connectivity index (χ0n) is 13.0. The molecule has 114 valence electrons. The van der Waals surface area contributed by atoms with Crippen molar-refractivity contribution in [3.8, 4) is 16.9 Å². The summed E-state index contributed by atoms with van der Waals surface area (Å²) in [4.78, 5) is 0. The van der Waals surface area contributed by atoms with Gasteiger partial charge in [0.05, 0.1) is 11.2 Å². The number of hydrogen-bond donors (Lipinski definition) is 0. The zero-order valence-corrected chi connectivity index (χ0v) is 13.0. The fraction of sp³-hybridized carbons (Fsp3) is 0.105. The quantitative estimate of drug-likeness (QED) is 0.535. The standard InChI is InChI=1S/C19H16FN3/c1-13-6-7-17(20)16-9-11-23(19(13)16)15-5-3-4-14(12-15)18-8-10-21-22(18)2/h3-12H,1-2H3. The Kier molecular flexibility index (Phi) is 3.05. The molecule has 2 aromatic carbocycles. The minimum absolute atomic E-state index is 0.188. The maximum atomic E-state index is 14.0. The highest BCUT2D eigenvalue weighted by molar-refractivity contribution is 5.85. The van der Waals surface area contributed by atoms with E-state index in [1.165, 1.54) is 6.07 Å². The first kappa shape index (κ1) is 13.8. The van der Waals surface area contributed by atoms with Gasteiger partial charge in [-0.1, -0.05) is 18.2 Å². The summed E-state index contributed by atoms with van der Waals surface area (Å²) in [5.74, 6) is -0.188. The van der Waals surface area contributed by atoms with Crippen molar-refractivity contribution in [2.24, 2.45) is 7.05 Å². The highest BCUT2D eigenvalue weighted by atomic mass is 19.1. The van der Waals surface area contributed by atoms with Crippen molar-refractivity contribution < 1.29 is 4.39 Å². The van der Waals surface area contributed by atoms with Crippen LogP contribution in [0, 0.1) is 12.7 Å². The fourth-order valence-corrected chi connectivity index (χ4v) is 3.08. The van der Waals surface area contributed by atoms with E-state index in [1.54, 1.807) is 6.20 Å². The highest BCUT2D eigenvalue weighted by Crippen LogP contribution is 2.28. The lowest BCUT2D eigenvalue weighted by Gasteiger charge is -2.10. The number of benzene rings is 2. The van der Waals surface area contributed by atoms with Gasteiger partial charge in [0.2, 0.25) is 0 Å². The van der Waals surface area contributed by atoms with Crippen LogP contribution < -0.4 is 0 Å². The molecule has 0 amide bonds. The van der Waals surface area contributed by atoms with Crippen molar-refractivity contribution in [2.45, 2.75) is 6.92 Å². The fourth-order valence-electron chi connectivity index (χ4n) is 3.08. The van der Waals surface area contributed by atoms with Crippen LogP contribution in [0.4, 0.5) is 4.39 Å². The molecular formula is C19H16FN3. The van der Waals surface area contributed by atoms with Crippen molar-refractivity contribution in [1.29, 1.82) is 0 Å². The van der Waals surface area contributed by atoms with Crippen molar-refractivity contribution in [2.75, 3.05) is 0 Å². The molecule has 23 heavy (non-hydrogen) atoms. The number of nitrogens with zero attached hydrogens (tertiary/aromatic N) is 3. The van der Waals surface area contributed by atoms with Crippen molar-refractivity contribution >= 4 is 10.9 Å². The summed E-state index contributed by atoms with van der Waals surface area (Å²) < 4.78 is 17.9. The predicted molar refractivity (Wildman–Crippen MR) is 90.2 cm³/mol. The van der Waals surface area contributed by atoms with Crippen LogP contribution in [-0.2, 0) is 7.05 Å². The van der Waals surface area contributed by atoms with Gasteiger partial charge in [0, 0.05) is 36.1 Å². The number of rotatable bonds is 2. The molecular weight excluding hydrogens is 289 g/mol. The van der Waals surface area contributed by atoms with Gasteiger partial charge in [0.1, 0.15) is 5.82 Å². The number of halogens is 1. The molecule has 0 aliphatic carbocycles. The maximum Gasteiger partial charge on any atom is 0.132 e. The molecule has 0 aliphatic heterocycles. The van der Waals surface area contributed by atoms with Crippen molar-refractivity contribution in [1.82, 2.24) is 14.3 Å². The van der Waals surface area contributed by atoms with E-state index in [0.717, 1.165) is 28.0 Å². The normalized spacial score (nSPS) is 11.3. The monoisotopic (exact) mass is 305 g/mol. The number of hydrogen-bond acceptors (Lipinski definition) is 1. The average molecular weight is 305 g/mol. The Labute approximate surface area is 133 Å². The molecule has 4 heteroatoms. The van der Waals surface area contributed by atoms with Gasteiger partial charge in [-0.3, -0.25) is 4.68 Å². The van der Waals surface area contributed by atoms with Crippen molar-refractivity contribution in [3.63, 3.8) is 0 Å². The minimum Gasteiger partial charge on any atom is -0.316 e. The van der Waals surface area contributed by atoms with Crippen LogP contribution in [-0.4, -0.2) is 14.3 Å². The summed E-state index contributed by atoms with van der Waals surface area (Å²) in [5, 5.41) is 4.87. The van der Waals surface area contributed by atoms with Gasteiger partial charge in [-0.05, 0) is 42.8 Å². The lowest BCUT2D eigenvalue weighted by molar-refractivity contribution is 0.639. The van der Waals surface area contributed by atoms with Crippen molar-refractivity contribution in [3.05, 3.63) is 72.3 Å². The second kappa shape index (κ2) is 5.09. The SMILES string of the molecule is Cc1ccc(F)c2ccn(-c3cccc(-c4ccnn4C)c3)c12. The molecule has 0 aliphatic rings. The van der Waals surface area contributed by atoms with E-state index in [4.69, 9.17) is 0 Å². The molecule has 4 aromatic rings. The summed E-state index contributed by atoms with van der Waals surface area (Å²) in [6.07, 6.45) is 3.70. The molecule has 0 radical (unpaired) electrons. The lowest BCUT2D eigenvalue weighted by atomic mass is 10.1. The van der Waals surface area contributed by atoms with Crippen LogP contribution in [0.15, 0.2) is 60.9 Å². The van der Waals surface area contributed by atoms with Crippen LogP contribution in [0.2, 0.25) is 0 Å². The first-order chi connectivity index (χ1) is 11.1. The Bertz CT molecular complexity index is 1010. The molecule has 0 spiro atoms. The third kappa shape index (κ3) is 2.14. The van der Waals surface area contributed by atoms with Gasteiger partial charge < -0.3 is 4.57 Å². The largest absolute Gasteiger partial charge is 0.316 e. The Morgan fingerprint density at radius 3 is 2.70 bits per heavy atom. The Morgan fingerprint density at radius 2 is 1.91 bits per heavy atom. The second-order valence-electron chi connectivity index (χ2n) is 5.70. The molecule has 2 aromatic heterocycles. The zero-order chi connectivity index (χ0) is 16.0. The highest BCUT2D eigenvalue weighted by Gasteiger charge is 2.11. The molecule has 0 unspecified atom stereocenters. The Balaban J connectivity index is 1.93. The molecule has 0 fully saturated rings. The van der Waals surface area contributed by atoms with E-state index in [-0.39, 0.29) is 5.82 Å². The first-order valence-electron chi connectivity index (χ1n) is 7.50. The topological polar surface area (TPSA) is 22.8 Å². The van der Waals surface area contributed by atoms with Gasteiger partial charge in [-0.2, -0.15) is 5.10 Å². The molecule has 2 heterocycles. The Hall–Kier alpha value is -2.88. The second-order valence-corrected chi connectivity index (χ2v) is 5.70. The summed E-state index contributed by atoms with van der Waals surface area (Å²) in [6.45, 7) is 2.00. The number of aromatic nitrogens is 3. The van der Waals surface area contributed by atoms with E-state index in [2.05, 4.69) is 17.2 Å². The summed E-state index contributed by atoms with van der Waals surface area (Å²) in [6, 6.07) is 15.3. The van der Waals surface area contributed by atoms with Gasteiger partial charge in [0.25, 0.3) is 0 Å². The smallest absolute Gasteiger partial charge is 0.132 e. The van der Waals surface area contributed by atoms with Gasteiger partial charge in [0.15, 0.2) is 0 Å². The van der Waals surface area contributed by atoms with E-state index in [0.29, 0.717) is 5.39 Å². The Morgan fingerprint density at radius 1 is 1.04 bits per heavy atom. The molecule has 0 saturated carbocycles. The number of aryl methyl sites for hydroxylation is 2. The van der Waals surface area contributed by atoms with Crippen LogP contribution in [0.5, 0.6) is 0 Å². The van der Waals surface area contributed by atoms with Crippen LogP contribution >= 0.6 is 0 Å². The van der Waals surface area contributed by atoms with Crippen LogP contribution in [0.3, 0.4) is 0 Å². The molecule has 0 saturated heterocycles. The molecule has 0 N–H and O–H groups in total. The van der Waals surface area contributed by atoms with E-state index in [9.17, 15) is 4.39 Å². The molecule has 4 rings (SSSR count). The lowest BCUT2D eigenvalue weighted by Crippen LogP contribution is -1.97. The van der Waals surface area contributed by atoms with Crippen LogP contribution in [0.1, 0.15) is 5.56 Å². The third-order valence-corrected chi connectivity index (χ3v) is 4.24. The minimum atomic E-state index is -0.188. The summed E-state index contributed by atoms with van der Waals surface area (Å²) in [5.41, 5.74) is 5.10. The maximum absolute atomic E-state index is 14.0. The predicted octanol–water partition coefficient (Wildman–Crippen LogP) is 4.48. The molecule has 0 bridgehead atoms. The summed E-state index contributed by atoms with van der Waals surface area (Å²) >= 11 is 0.